The number of thiazole rings is 1. The van der Waals surface area contributed by atoms with E-state index in [1.165, 1.54) is 5.56 Å². The molecule has 2 heterocycles. The van der Waals surface area contributed by atoms with Crippen molar-refractivity contribution in [3.05, 3.63) is 27.9 Å². The van der Waals surface area contributed by atoms with Gasteiger partial charge in [0.15, 0.2) is 0 Å². The maximum atomic E-state index is 5.86. The van der Waals surface area contributed by atoms with E-state index in [0.717, 1.165) is 10.7 Å². The summed E-state index contributed by atoms with van der Waals surface area (Å²) in [5.74, 6) is 0.327. The number of nitrogens with zero attached hydrogens (tertiary/aromatic N) is 1. The molecule has 15 heavy (non-hydrogen) atoms. The largest absolute Gasteiger partial charge is 0.327 e. The van der Waals surface area contributed by atoms with E-state index in [2.05, 4.69) is 34.1 Å². The Hall–Kier alpha value is -0.710. The van der Waals surface area contributed by atoms with Crippen molar-refractivity contribution >= 4 is 22.7 Å². The summed E-state index contributed by atoms with van der Waals surface area (Å²) in [6.45, 7) is 4.14. The smallest absolute Gasteiger partial charge is 0.124 e. The maximum Gasteiger partial charge on any atom is 0.124 e. The highest BCUT2D eigenvalue weighted by Crippen LogP contribution is 2.28. The van der Waals surface area contributed by atoms with Crippen molar-refractivity contribution in [3.8, 4) is 10.6 Å². The Kier molecular flexibility index (Phi) is 3.19. The molecule has 0 amide bonds. The molecule has 80 valence electrons. The van der Waals surface area contributed by atoms with Gasteiger partial charge in [0.05, 0.1) is 5.69 Å². The first-order valence-electron chi connectivity index (χ1n) is 4.92. The molecular formula is C11H14N2S2. The van der Waals surface area contributed by atoms with E-state index in [4.69, 9.17) is 5.73 Å². The first-order chi connectivity index (χ1) is 7.18. The summed E-state index contributed by atoms with van der Waals surface area (Å²) in [5.41, 5.74) is 8.19. The van der Waals surface area contributed by atoms with Gasteiger partial charge < -0.3 is 5.73 Å². The summed E-state index contributed by atoms with van der Waals surface area (Å²) in [4.78, 5) is 4.62. The molecule has 2 N–H and O–H groups in total. The van der Waals surface area contributed by atoms with E-state index in [-0.39, 0.29) is 6.04 Å². The second kappa shape index (κ2) is 4.43. The predicted octanol–water partition coefficient (Wildman–Crippen LogP) is 3.32. The maximum absolute atomic E-state index is 5.86. The van der Waals surface area contributed by atoms with Gasteiger partial charge in [-0.3, -0.25) is 0 Å². The van der Waals surface area contributed by atoms with Crippen molar-refractivity contribution in [1.82, 2.24) is 4.98 Å². The lowest BCUT2D eigenvalue weighted by atomic mass is 10.0. The normalized spacial score (nSPS) is 15.1. The number of hydrogen-bond donors (Lipinski definition) is 1. The van der Waals surface area contributed by atoms with Gasteiger partial charge in [-0.05, 0) is 18.4 Å². The Labute approximate surface area is 97.8 Å². The molecule has 2 atom stereocenters. The fourth-order valence-corrected chi connectivity index (χ4v) is 2.92. The lowest BCUT2D eigenvalue weighted by Crippen LogP contribution is -2.22. The Bertz CT molecular complexity index is 417. The van der Waals surface area contributed by atoms with E-state index in [9.17, 15) is 0 Å². The van der Waals surface area contributed by atoms with Crippen LogP contribution in [0.25, 0.3) is 10.6 Å². The molecule has 0 bridgehead atoms. The van der Waals surface area contributed by atoms with Crippen LogP contribution in [0.15, 0.2) is 22.2 Å². The van der Waals surface area contributed by atoms with Crippen LogP contribution in [0.4, 0.5) is 0 Å². The summed E-state index contributed by atoms with van der Waals surface area (Å²) in [6.07, 6.45) is 0. The van der Waals surface area contributed by atoms with Crippen LogP contribution in [-0.2, 0) is 0 Å². The molecule has 2 aromatic rings. The average molecular weight is 238 g/mol. The highest BCUT2D eigenvalue weighted by atomic mass is 32.1. The van der Waals surface area contributed by atoms with Gasteiger partial charge in [-0.15, -0.1) is 11.3 Å². The van der Waals surface area contributed by atoms with Gasteiger partial charge in [0.25, 0.3) is 0 Å². The van der Waals surface area contributed by atoms with E-state index >= 15 is 0 Å². The third kappa shape index (κ3) is 2.27. The Balaban J connectivity index is 2.25. The molecule has 2 rings (SSSR count). The van der Waals surface area contributed by atoms with E-state index in [1.807, 2.05) is 6.92 Å². The lowest BCUT2D eigenvalue weighted by Gasteiger charge is -2.11. The minimum atomic E-state index is 0.155. The zero-order chi connectivity index (χ0) is 10.8. The van der Waals surface area contributed by atoms with Crippen molar-refractivity contribution in [2.75, 3.05) is 0 Å². The summed E-state index contributed by atoms with van der Waals surface area (Å²) >= 11 is 3.39. The van der Waals surface area contributed by atoms with Crippen LogP contribution < -0.4 is 5.73 Å². The van der Waals surface area contributed by atoms with Crippen molar-refractivity contribution in [2.24, 2.45) is 5.73 Å². The SMILES string of the molecule is CC(N)C(C)c1csc(-c2ccsc2)n1. The van der Waals surface area contributed by atoms with Crippen LogP contribution in [0, 0.1) is 0 Å². The Morgan fingerprint density at radius 1 is 1.33 bits per heavy atom. The van der Waals surface area contributed by atoms with Crippen LogP contribution in [0.3, 0.4) is 0 Å². The molecule has 4 heteroatoms. The molecule has 0 aliphatic carbocycles. The molecule has 0 saturated heterocycles. The molecule has 2 unspecified atom stereocenters. The molecule has 2 aromatic heterocycles. The number of rotatable bonds is 3. The van der Waals surface area contributed by atoms with Crippen LogP contribution in [-0.4, -0.2) is 11.0 Å². The summed E-state index contributed by atoms with van der Waals surface area (Å²) in [5, 5.41) is 7.41. The second-order valence-corrected chi connectivity index (χ2v) is 5.38. The number of nitrogens with two attached hydrogens (primary N) is 1. The van der Waals surface area contributed by atoms with Crippen LogP contribution in [0.2, 0.25) is 0 Å². The zero-order valence-corrected chi connectivity index (χ0v) is 10.4. The minimum Gasteiger partial charge on any atom is -0.327 e. The van der Waals surface area contributed by atoms with E-state index in [0.29, 0.717) is 5.92 Å². The molecule has 0 aliphatic rings. The summed E-state index contributed by atoms with van der Waals surface area (Å²) < 4.78 is 0. The minimum absolute atomic E-state index is 0.155. The molecule has 2 nitrogen and oxygen atoms in total. The molecule has 0 radical (unpaired) electrons. The standard InChI is InChI=1S/C11H14N2S2/c1-7(8(2)12)10-6-15-11(13-10)9-3-4-14-5-9/h3-8H,12H2,1-2H3. The van der Waals surface area contributed by atoms with E-state index < -0.39 is 0 Å². The number of thiophene rings is 1. The first-order valence-corrected chi connectivity index (χ1v) is 6.74. The van der Waals surface area contributed by atoms with Gasteiger partial charge >= 0.3 is 0 Å². The molecule has 0 aromatic carbocycles. The Morgan fingerprint density at radius 3 is 2.73 bits per heavy atom. The van der Waals surface area contributed by atoms with Gasteiger partial charge in [0.2, 0.25) is 0 Å². The van der Waals surface area contributed by atoms with Gasteiger partial charge in [-0.1, -0.05) is 6.92 Å². The monoisotopic (exact) mass is 238 g/mol. The van der Waals surface area contributed by atoms with Crippen molar-refractivity contribution in [2.45, 2.75) is 25.8 Å². The van der Waals surface area contributed by atoms with Gasteiger partial charge in [-0.2, -0.15) is 11.3 Å². The molecular weight excluding hydrogens is 224 g/mol. The molecule has 0 saturated carbocycles. The molecule has 0 spiro atoms. The predicted molar refractivity (Wildman–Crippen MR) is 67.5 cm³/mol. The fourth-order valence-electron chi connectivity index (χ4n) is 1.28. The Morgan fingerprint density at radius 2 is 2.13 bits per heavy atom. The highest BCUT2D eigenvalue weighted by molar-refractivity contribution is 7.14. The number of hydrogen-bond acceptors (Lipinski definition) is 4. The molecule has 0 aliphatic heterocycles. The van der Waals surface area contributed by atoms with Crippen LogP contribution in [0.1, 0.15) is 25.5 Å². The fraction of sp³-hybridized carbons (Fsp3) is 0.364. The van der Waals surface area contributed by atoms with Crippen molar-refractivity contribution in [1.29, 1.82) is 0 Å². The first kappa shape index (κ1) is 10.8. The average Bonchev–Trinajstić information content (AvgIpc) is 2.86. The van der Waals surface area contributed by atoms with E-state index in [1.54, 1.807) is 22.7 Å². The zero-order valence-electron chi connectivity index (χ0n) is 8.81. The second-order valence-electron chi connectivity index (χ2n) is 3.74. The highest BCUT2D eigenvalue weighted by Gasteiger charge is 2.14. The molecule has 0 fully saturated rings. The van der Waals surface area contributed by atoms with Gasteiger partial charge in [0.1, 0.15) is 5.01 Å². The lowest BCUT2D eigenvalue weighted by molar-refractivity contribution is 0.602. The van der Waals surface area contributed by atoms with Crippen molar-refractivity contribution in [3.63, 3.8) is 0 Å². The van der Waals surface area contributed by atoms with Gasteiger partial charge in [-0.25, -0.2) is 4.98 Å². The van der Waals surface area contributed by atoms with Crippen LogP contribution >= 0.6 is 22.7 Å². The number of aromatic nitrogens is 1. The third-order valence-corrected chi connectivity index (χ3v) is 4.14. The van der Waals surface area contributed by atoms with Crippen molar-refractivity contribution < 1.29 is 0 Å². The van der Waals surface area contributed by atoms with Crippen LogP contribution in [0.5, 0.6) is 0 Å². The van der Waals surface area contributed by atoms with Gasteiger partial charge in [0, 0.05) is 28.3 Å². The topological polar surface area (TPSA) is 38.9 Å². The quantitative estimate of drug-likeness (QED) is 0.891. The summed E-state index contributed by atoms with van der Waals surface area (Å²) in [7, 11) is 0. The summed E-state index contributed by atoms with van der Waals surface area (Å²) in [6, 6.07) is 2.26. The third-order valence-electron chi connectivity index (χ3n) is 2.55.